The zero-order valence-corrected chi connectivity index (χ0v) is 12.5. The van der Waals surface area contributed by atoms with Gasteiger partial charge in [0, 0.05) is 12.0 Å². The van der Waals surface area contributed by atoms with Crippen molar-refractivity contribution in [2.45, 2.75) is 33.1 Å². The zero-order chi connectivity index (χ0) is 15.0. The van der Waals surface area contributed by atoms with Crippen molar-refractivity contribution < 1.29 is 14.3 Å². The predicted octanol–water partition coefficient (Wildman–Crippen LogP) is 2.73. The molecule has 1 aromatic carbocycles. The molecule has 0 aliphatic rings. The predicted molar refractivity (Wildman–Crippen MR) is 79.4 cm³/mol. The second kappa shape index (κ2) is 8.19. The first-order chi connectivity index (χ1) is 9.62. The molecule has 1 N–H and O–H groups in total. The number of benzene rings is 1. The highest BCUT2D eigenvalue weighted by Crippen LogP contribution is 2.27. The molecular weight excluding hydrogens is 256 g/mol. The van der Waals surface area contributed by atoms with E-state index in [2.05, 4.69) is 10.5 Å². The summed E-state index contributed by atoms with van der Waals surface area (Å²) in [6, 6.07) is 5.51. The van der Waals surface area contributed by atoms with Gasteiger partial charge < -0.3 is 9.47 Å². The van der Waals surface area contributed by atoms with E-state index < -0.39 is 0 Å². The van der Waals surface area contributed by atoms with Crippen LogP contribution < -0.4 is 14.9 Å². The van der Waals surface area contributed by atoms with E-state index in [0.29, 0.717) is 17.9 Å². The van der Waals surface area contributed by atoms with Crippen LogP contribution in [0.2, 0.25) is 0 Å². The lowest BCUT2D eigenvalue weighted by Crippen LogP contribution is -2.18. The fraction of sp³-hybridized carbons (Fsp3) is 0.467. The first-order valence-corrected chi connectivity index (χ1v) is 6.67. The largest absolute Gasteiger partial charge is 0.493 e. The first-order valence-electron chi connectivity index (χ1n) is 6.67. The number of hydrazone groups is 1. The second-order valence-corrected chi connectivity index (χ2v) is 4.41. The molecule has 1 amide bonds. The number of carbonyl (C=O) groups excluding carboxylic acids is 1. The number of hydrogen-bond acceptors (Lipinski definition) is 4. The lowest BCUT2D eigenvalue weighted by atomic mass is 10.1. The van der Waals surface area contributed by atoms with Crippen molar-refractivity contribution in [2.75, 3.05) is 14.2 Å². The zero-order valence-electron chi connectivity index (χ0n) is 12.5. The summed E-state index contributed by atoms with van der Waals surface area (Å²) in [5, 5.41) is 4.10. The molecular formula is C15H22N2O3. The van der Waals surface area contributed by atoms with Gasteiger partial charge in [-0.1, -0.05) is 13.3 Å². The first kappa shape index (κ1) is 16.0. The van der Waals surface area contributed by atoms with E-state index >= 15 is 0 Å². The van der Waals surface area contributed by atoms with Crippen molar-refractivity contribution in [3.05, 3.63) is 23.8 Å². The summed E-state index contributed by atoms with van der Waals surface area (Å²) in [5.74, 6) is 1.24. The second-order valence-electron chi connectivity index (χ2n) is 4.41. The number of nitrogens with one attached hydrogen (secondary N) is 1. The molecule has 0 saturated carbocycles. The Labute approximate surface area is 120 Å². The molecule has 5 heteroatoms. The van der Waals surface area contributed by atoms with Crippen LogP contribution in [-0.4, -0.2) is 25.8 Å². The van der Waals surface area contributed by atoms with Gasteiger partial charge in [-0.2, -0.15) is 5.10 Å². The maximum absolute atomic E-state index is 11.5. The minimum absolute atomic E-state index is 0.0633. The monoisotopic (exact) mass is 278 g/mol. The molecule has 0 saturated heterocycles. The summed E-state index contributed by atoms with van der Waals surface area (Å²) >= 11 is 0. The van der Waals surface area contributed by atoms with E-state index in [9.17, 15) is 4.79 Å². The Morgan fingerprint density at radius 3 is 2.55 bits per heavy atom. The number of rotatable bonds is 7. The van der Waals surface area contributed by atoms with Gasteiger partial charge >= 0.3 is 0 Å². The smallest absolute Gasteiger partial charge is 0.240 e. The van der Waals surface area contributed by atoms with E-state index in [0.717, 1.165) is 24.1 Å². The molecule has 0 aromatic heterocycles. The van der Waals surface area contributed by atoms with Gasteiger partial charge in [0.15, 0.2) is 11.5 Å². The van der Waals surface area contributed by atoms with E-state index in [4.69, 9.17) is 9.47 Å². The molecule has 1 rings (SSSR count). The molecule has 0 heterocycles. The number of methoxy groups -OCH3 is 2. The molecule has 0 fully saturated rings. The number of hydrogen-bond donors (Lipinski definition) is 1. The number of amides is 1. The van der Waals surface area contributed by atoms with Crippen LogP contribution in [0.3, 0.4) is 0 Å². The standard InChI is InChI=1S/C15H22N2O3/c1-5-6-7-15(18)17-16-11(2)12-8-9-13(19-3)14(10-12)20-4/h8-10H,5-7H2,1-4H3,(H,17,18)/b16-11+. The average Bonchev–Trinajstić information content (AvgIpc) is 2.49. The Morgan fingerprint density at radius 1 is 1.25 bits per heavy atom. The van der Waals surface area contributed by atoms with Crippen molar-refractivity contribution in [1.82, 2.24) is 5.43 Å². The molecule has 1 aromatic rings. The molecule has 0 spiro atoms. The number of carbonyl (C=O) groups is 1. The van der Waals surface area contributed by atoms with Crippen LogP contribution in [0.15, 0.2) is 23.3 Å². The average molecular weight is 278 g/mol. The highest BCUT2D eigenvalue weighted by Gasteiger charge is 2.07. The Kier molecular flexibility index (Phi) is 6.56. The lowest BCUT2D eigenvalue weighted by Gasteiger charge is -2.09. The van der Waals surface area contributed by atoms with Crippen molar-refractivity contribution >= 4 is 11.6 Å². The van der Waals surface area contributed by atoms with Gasteiger partial charge in [-0.05, 0) is 31.5 Å². The van der Waals surface area contributed by atoms with Gasteiger partial charge in [0.1, 0.15) is 0 Å². The van der Waals surface area contributed by atoms with Gasteiger partial charge in [0.25, 0.3) is 0 Å². The summed E-state index contributed by atoms with van der Waals surface area (Å²) in [6.45, 7) is 3.88. The summed E-state index contributed by atoms with van der Waals surface area (Å²) < 4.78 is 10.4. The topological polar surface area (TPSA) is 59.9 Å². The molecule has 0 bridgehead atoms. The summed E-state index contributed by atoms with van der Waals surface area (Å²) in [6.07, 6.45) is 2.36. The fourth-order valence-electron chi connectivity index (χ4n) is 1.67. The van der Waals surface area contributed by atoms with Crippen LogP contribution in [0.1, 0.15) is 38.7 Å². The minimum Gasteiger partial charge on any atom is -0.493 e. The van der Waals surface area contributed by atoms with E-state index in [1.165, 1.54) is 0 Å². The molecule has 5 nitrogen and oxygen atoms in total. The van der Waals surface area contributed by atoms with Crippen molar-refractivity contribution in [2.24, 2.45) is 5.10 Å². The van der Waals surface area contributed by atoms with Gasteiger partial charge in [-0.25, -0.2) is 5.43 Å². The molecule has 0 atom stereocenters. The quantitative estimate of drug-likeness (QED) is 0.616. The van der Waals surface area contributed by atoms with Crippen LogP contribution in [0.5, 0.6) is 11.5 Å². The summed E-state index contributed by atoms with van der Waals surface area (Å²) in [7, 11) is 3.17. The Morgan fingerprint density at radius 2 is 1.95 bits per heavy atom. The van der Waals surface area contributed by atoms with Crippen molar-refractivity contribution in [3.8, 4) is 11.5 Å². The summed E-state index contributed by atoms with van der Waals surface area (Å²) in [4.78, 5) is 11.5. The molecule has 0 aliphatic carbocycles. The van der Waals surface area contributed by atoms with E-state index in [-0.39, 0.29) is 5.91 Å². The third-order valence-electron chi connectivity index (χ3n) is 2.91. The summed E-state index contributed by atoms with van der Waals surface area (Å²) in [5.41, 5.74) is 4.15. The third kappa shape index (κ3) is 4.57. The third-order valence-corrected chi connectivity index (χ3v) is 2.91. The maximum atomic E-state index is 11.5. The van der Waals surface area contributed by atoms with Crippen molar-refractivity contribution in [3.63, 3.8) is 0 Å². The van der Waals surface area contributed by atoms with Gasteiger partial charge in [0.2, 0.25) is 5.91 Å². The minimum atomic E-state index is -0.0633. The van der Waals surface area contributed by atoms with E-state index in [1.54, 1.807) is 14.2 Å². The molecule has 20 heavy (non-hydrogen) atoms. The SMILES string of the molecule is CCCCC(=O)N/N=C(\C)c1ccc(OC)c(OC)c1. The normalized spacial score (nSPS) is 11.1. The molecule has 110 valence electrons. The van der Waals surface area contributed by atoms with Crippen molar-refractivity contribution in [1.29, 1.82) is 0 Å². The lowest BCUT2D eigenvalue weighted by molar-refractivity contribution is -0.121. The molecule has 0 unspecified atom stereocenters. The Hall–Kier alpha value is -2.04. The fourth-order valence-corrected chi connectivity index (χ4v) is 1.67. The maximum Gasteiger partial charge on any atom is 0.240 e. The van der Waals surface area contributed by atoms with Gasteiger partial charge in [-0.15, -0.1) is 0 Å². The number of ether oxygens (including phenoxy) is 2. The number of unbranched alkanes of at least 4 members (excludes halogenated alkanes) is 1. The molecule has 0 radical (unpaired) electrons. The molecule has 0 aliphatic heterocycles. The highest BCUT2D eigenvalue weighted by molar-refractivity contribution is 5.99. The van der Waals surface area contributed by atoms with Crippen LogP contribution in [0, 0.1) is 0 Å². The van der Waals surface area contributed by atoms with E-state index in [1.807, 2.05) is 32.0 Å². The van der Waals surface area contributed by atoms with Crippen LogP contribution in [0.25, 0.3) is 0 Å². The van der Waals surface area contributed by atoms with Gasteiger partial charge in [-0.3, -0.25) is 4.79 Å². The van der Waals surface area contributed by atoms with Crippen LogP contribution >= 0.6 is 0 Å². The Balaban J connectivity index is 2.76. The van der Waals surface area contributed by atoms with Crippen LogP contribution in [0.4, 0.5) is 0 Å². The Bertz CT molecular complexity index is 484. The highest BCUT2D eigenvalue weighted by atomic mass is 16.5. The van der Waals surface area contributed by atoms with Gasteiger partial charge in [0.05, 0.1) is 19.9 Å². The number of nitrogens with zero attached hydrogens (tertiary/aromatic N) is 1. The van der Waals surface area contributed by atoms with Crippen LogP contribution in [-0.2, 0) is 4.79 Å².